The summed E-state index contributed by atoms with van der Waals surface area (Å²) in [6, 6.07) is 5.59. The Hall–Kier alpha value is -0.970. The van der Waals surface area contributed by atoms with Crippen LogP contribution in [0.25, 0.3) is 0 Å². The van der Waals surface area contributed by atoms with Crippen LogP contribution in [-0.2, 0) is 27.2 Å². The highest BCUT2D eigenvalue weighted by Gasteiger charge is 2.32. The lowest BCUT2D eigenvalue weighted by Gasteiger charge is -2.37. The molecular weight excluding hydrogens is 367 g/mol. The fourth-order valence-corrected chi connectivity index (χ4v) is 4.82. The van der Waals surface area contributed by atoms with Gasteiger partial charge < -0.3 is 14.2 Å². The number of aryl methyl sites for hydroxylation is 1. The van der Waals surface area contributed by atoms with E-state index in [0.29, 0.717) is 24.0 Å². The molecule has 0 unspecified atom stereocenters. The first-order chi connectivity index (χ1) is 14.2. The monoisotopic (exact) mass is 406 g/mol. The summed E-state index contributed by atoms with van der Waals surface area (Å²) in [5.74, 6) is 1.73. The van der Waals surface area contributed by atoms with E-state index < -0.39 is 0 Å². The molecule has 1 aromatic rings. The van der Waals surface area contributed by atoms with Gasteiger partial charge in [0, 0.05) is 24.5 Å². The van der Waals surface area contributed by atoms with Crippen LogP contribution >= 0.6 is 0 Å². The fourth-order valence-electron chi connectivity index (χ4n) is 4.82. The lowest BCUT2D eigenvalue weighted by atomic mass is 9.79. The van der Waals surface area contributed by atoms with Gasteiger partial charge in [-0.3, -0.25) is 0 Å². The van der Waals surface area contributed by atoms with Crippen molar-refractivity contribution in [2.45, 2.75) is 84.0 Å². The van der Waals surface area contributed by atoms with E-state index in [2.05, 4.69) is 6.92 Å². The van der Waals surface area contributed by atoms with Gasteiger partial charge in [-0.25, -0.2) is 4.39 Å². The average Bonchev–Trinajstić information content (AvgIpc) is 2.75. The molecule has 2 fully saturated rings. The second-order valence-corrected chi connectivity index (χ2v) is 9.08. The zero-order chi connectivity index (χ0) is 20.5. The van der Waals surface area contributed by atoms with Crippen LogP contribution in [-0.4, -0.2) is 26.6 Å². The molecule has 2 aliphatic rings. The van der Waals surface area contributed by atoms with Crippen LogP contribution in [0.1, 0.15) is 75.8 Å². The maximum Gasteiger partial charge on any atom is 0.160 e. The smallest absolute Gasteiger partial charge is 0.160 e. The molecule has 1 aliphatic heterocycles. The van der Waals surface area contributed by atoms with Crippen molar-refractivity contribution in [3.05, 3.63) is 35.1 Å². The van der Waals surface area contributed by atoms with Gasteiger partial charge in [0.25, 0.3) is 0 Å². The molecule has 1 aliphatic carbocycles. The summed E-state index contributed by atoms with van der Waals surface area (Å²) < 4.78 is 31.3. The Morgan fingerprint density at radius 1 is 1.00 bits per heavy atom. The van der Waals surface area contributed by atoms with Crippen LogP contribution < -0.4 is 0 Å². The molecule has 4 heteroatoms. The van der Waals surface area contributed by atoms with Crippen molar-refractivity contribution in [1.82, 2.24) is 0 Å². The second-order valence-electron chi connectivity index (χ2n) is 9.08. The minimum Gasteiger partial charge on any atom is -0.380 e. The zero-order valence-electron chi connectivity index (χ0n) is 18.3. The van der Waals surface area contributed by atoms with Gasteiger partial charge in [-0.2, -0.15) is 0 Å². The van der Waals surface area contributed by atoms with Gasteiger partial charge in [0.15, 0.2) is 6.29 Å². The Kier molecular flexibility index (Phi) is 9.41. The minimum absolute atomic E-state index is 0.0146. The third kappa shape index (κ3) is 7.04. The Balaban J connectivity index is 1.34. The summed E-state index contributed by atoms with van der Waals surface area (Å²) in [7, 11) is 1.60. The van der Waals surface area contributed by atoms with E-state index in [-0.39, 0.29) is 12.1 Å². The highest BCUT2D eigenvalue weighted by atomic mass is 19.1. The topological polar surface area (TPSA) is 27.7 Å². The number of ether oxygens (including phenoxy) is 3. The van der Waals surface area contributed by atoms with Gasteiger partial charge in [0.1, 0.15) is 5.82 Å². The summed E-state index contributed by atoms with van der Waals surface area (Å²) in [4.78, 5) is 0. The molecule has 3 rings (SSSR count). The molecule has 0 spiro atoms. The molecule has 0 bridgehead atoms. The van der Waals surface area contributed by atoms with Crippen LogP contribution in [0.4, 0.5) is 4.39 Å². The van der Waals surface area contributed by atoms with Crippen LogP contribution in [0.2, 0.25) is 0 Å². The van der Waals surface area contributed by atoms with E-state index in [9.17, 15) is 4.39 Å². The van der Waals surface area contributed by atoms with E-state index in [1.807, 2.05) is 12.1 Å². The highest BCUT2D eigenvalue weighted by molar-refractivity contribution is 5.24. The first-order valence-electron chi connectivity index (χ1n) is 11.7. The minimum atomic E-state index is -0.146. The number of hydrogen-bond donors (Lipinski definition) is 0. The third-order valence-corrected chi connectivity index (χ3v) is 6.74. The Bertz CT molecular complexity index is 590. The average molecular weight is 407 g/mol. The molecule has 29 heavy (non-hydrogen) atoms. The van der Waals surface area contributed by atoms with E-state index >= 15 is 0 Å². The molecule has 164 valence electrons. The molecule has 0 N–H and O–H groups in total. The van der Waals surface area contributed by atoms with E-state index in [4.69, 9.17) is 14.2 Å². The first-order valence-corrected chi connectivity index (χ1v) is 11.7. The number of unbranched alkanes of at least 4 members (excludes halogenated alkanes) is 2. The van der Waals surface area contributed by atoms with Crippen LogP contribution in [0, 0.1) is 23.6 Å². The Labute approximate surface area is 176 Å². The maximum atomic E-state index is 14.1. The van der Waals surface area contributed by atoms with Gasteiger partial charge in [-0.05, 0) is 62.5 Å². The Morgan fingerprint density at radius 2 is 1.76 bits per heavy atom. The molecule has 0 aromatic heterocycles. The standard InChI is InChI=1S/C25H39FO3/c1-3-4-5-6-21-16-28-25(29-17-21)22-12-9-19(10-13-22)7-8-20-11-14-23(18-27-2)24(26)15-20/h11,14-15,19,21-22,25H,3-10,12-13,16-18H2,1-2H3/t19?,21-,22?,25-. The van der Waals surface area contributed by atoms with Crippen molar-refractivity contribution in [2.24, 2.45) is 17.8 Å². The summed E-state index contributed by atoms with van der Waals surface area (Å²) in [5, 5.41) is 0. The van der Waals surface area contributed by atoms with E-state index in [0.717, 1.165) is 37.5 Å². The molecule has 1 saturated carbocycles. The van der Waals surface area contributed by atoms with Crippen molar-refractivity contribution in [2.75, 3.05) is 20.3 Å². The van der Waals surface area contributed by atoms with Crippen LogP contribution in [0.15, 0.2) is 18.2 Å². The predicted molar refractivity (Wildman–Crippen MR) is 114 cm³/mol. The van der Waals surface area contributed by atoms with Crippen molar-refractivity contribution in [1.29, 1.82) is 0 Å². The molecule has 0 amide bonds. The molecule has 0 atom stereocenters. The van der Waals surface area contributed by atoms with Gasteiger partial charge >= 0.3 is 0 Å². The summed E-state index contributed by atoms with van der Waals surface area (Å²) >= 11 is 0. The van der Waals surface area contributed by atoms with Crippen molar-refractivity contribution < 1.29 is 18.6 Å². The van der Waals surface area contributed by atoms with Gasteiger partial charge in [0.05, 0.1) is 19.8 Å². The number of halogens is 1. The summed E-state index contributed by atoms with van der Waals surface area (Å²) in [6.07, 6.45) is 12.1. The molecule has 1 aromatic carbocycles. The maximum absolute atomic E-state index is 14.1. The predicted octanol–water partition coefficient (Wildman–Crippen LogP) is 6.28. The zero-order valence-corrected chi connectivity index (χ0v) is 18.3. The van der Waals surface area contributed by atoms with Gasteiger partial charge in [0.2, 0.25) is 0 Å². The van der Waals surface area contributed by atoms with Crippen molar-refractivity contribution in [3.63, 3.8) is 0 Å². The molecule has 1 saturated heterocycles. The van der Waals surface area contributed by atoms with E-state index in [1.54, 1.807) is 13.2 Å². The van der Waals surface area contributed by atoms with Crippen molar-refractivity contribution >= 4 is 0 Å². The SMILES string of the molecule is CCCCC[C@H]1CO[C@H](C2CCC(CCc3ccc(COC)c(F)c3)CC2)OC1. The van der Waals surface area contributed by atoms with Crippen LogP contribution in [0.3, 0.4) is 0 Å². The first kappa shape index (κ1) is 22.7. The number of rotatable bonds is 10. The van der Waals surface area contributed by atoms with Gasteiger partial charge in [-0.1, -0.05) is 38.3 Å². The van der Waals surface area contributed by atoms with Crippen molar-refractivity contribution in [3.8, 4) is 0 Å². The van der Waals surface area contributed by atoms with Gasteiger partial charge in [-0.15, -0.1) is 0 Å². The lowest BCUT2D eigenvalue weighted by molar-refractivity contribution is -0.230. The molecule has 1 heterocycles. The molecular formula is C25H39FO3. The fraction of sp³-hybridized carbons (Fsp3) is 0.760. The summed E-state index contributed by atoms with van der Waals surface area (Å²) in [5.41, 5.74) is 1.73. The lowest BCUT2D eigenvalue weighted by Crippen LogP contribution is -2.38. The van der Waals surface area contributed by atoms with E-state index in [1.165, 1.54) is 51.4 Å². The number of benzene rings is 1. The highest BCUT2D eigenvalue weighted by Crippen LogP contribution is 2.36. The number of hydrogen-bond acceptors (Lipinski definition) is 3. The second kappa shape index (κ2) is 12.0. The quantitative estimate of drug-likeness (QED) is 0.428. The van der Waals surface area contributed by atoms with Crippen LogP contribution in [0.5, 0.6) is 0 Å². The third-order valence-electron chi connectivity index (χ3n) is 6.74. The molecule has 0 radical (unpaired) electrons. The Morgan fingerprint density at radius 3 is 2.41 bits per heavy atom. The molecule has 3 nitrogen and oxygen atoms in total. The number of methoxy groups -OCH3 is 1. The normalized spacial score (nSPS) is 27.8. The largest absolute Gasteiger partial charge is 0.380 e. The summed E-state index contributed by atoms with van der Waals surface area (Å²) in [6.45, 7) is 4.33.